The van der Waals surface area contributed by atoms with Gasteiger partial charge in [-0.2, -0.15) is 0 Å². The minimum atomic E-state index is 0.0275. The molecule has 19 heavy (non-hydrogen) atoms. The zero-order valence-corrected chi connectivity index (χ0v) is 12.8. The molecular weight excluding hydrogens is 236 g/mol. The van der Waals surface area contributed by atoms with Gasteiger partial charge in [-0.25, -0.2) is 0 Å². The fourth-order valence-corrected chi connectivity index (χ4v) is 2.86. The molecule has 0 aliphatic heterocycles. The number of esters is 1. The summed E-state index contributed by atoms with van der Waals surface area (Å²) in [4.78, 5) is 11.6. The summed E-state index contributed by atoms with van der Waals surface area (Å²) in [5.41, 5.74) is 0. The normalized spacial score (nSPS) is 17.1. The Morgan fingerprint density at radius 2 is 1.58 bits per heavy atom. The SMILES string of the molecule is CCCCCCCCC(=O)OCC1CCCCCC1. The number of ether oxygens (including phenoxy) is 1. The Labute approximate surface area is 119 Å². The Hall–Kier alpha value is -0.530. The molecule has 1 fully saturated rings. The molecule has 1 aliphatic rings. The molecule has 112 valence electrons. The Bertz CT molecular complexity index is 217. The van der Waals surface area contributed by atoms with Gasteiger partial charge in [-0.05, 0) is 25.2 Å². The van der Waals surface area contributed by atoms with Crippen molar-refractivity contribution >= 4 is 5.97 Å². The maximum absolute atomic E-state index is 11.6. The third-order valence-corrected chi connectivity index (χ3v) is 4.19. The average Bonchev–Trinajstić information content (AvgIpc) is 2.69. The van der Waals surface area contributed by atoms with E-state index in [1.54, 1.807) is 0 Å². The first-order valence-corrected chi connectivity index (χ1v) is 8.48. The van der Waals surface area contributed by atoms with Crippen molar-refractivity contribution in [3.05, 3.63) is 0 Å². The van der Waals surface area contributed by atoms with E-state index in [0.29, 0.717) is 18.9 Å². The van der Waals surface area contributed by atoms with Gasteiger partial charge in [-0.15, -0.1) is 0 Å². The van der Waals surface area contributed by atoms with Gasteiger partial charge in [0.05, 0.1) is 6.61 Å². The molecule has 0 radical (unpaired) electrons. The molecule has 2 heteroatoms. The van der Waals surface area contributed by atoms with Gasteiger partial charge in [0.2, 0.25) is 0 Å². The number of hydrogen-bond donors (Lipinski definition) is 0. The molecule has 0 saturated heterocycles. The third-order valence-electron chi connectivity index (χ3n) is 4.19. The summed E-state index contributed by atoms with van der Waals surface area (Å²) in [6.07, 6.45) is 15.9. The summed E-state index contributed by atoms with van der Waals surface area (Å²) in [6.45, 7) is 2.90. The molecule has 1 rings (SSSR count). The summed E-state index contributed by atoms with van der Waals surface area (Å²) in [6, 6.07) is 0. The predicted molar refractivity (Wildman–Crippen MR) is 80.1 cm³/mol. The Morgan fingerprint density at radius 3 is 2.26 bits per heavy atom. The van der Waals surface area contributed by atoms with Gasteiger partial charge in [0, 0.05) is 6.42 Å². The number of rotatable bonds is 9. The molecule has 0 amide bonds. The van der Waals surface area contributed by atoms with Crippen LogP contribution in [0.5, 0.6) is 0 Å². The van der Waals surface area contributed by atoms with Crippen molar-refractivity contribution in [2.24, 2.45) is 5.92 Å². The van der Waals surface area contributed by atoms with Crippen LogP contribution in [0.4, 0.5) is 0 Å². The highest BCUT2D eigenvalue weighted by atomic mass is 16.5. The van der Waals surface area contributed by atoms with Crippen LogP contribution in [0.3, 0.4) is 0 Å². The van der Waals surface area contributed by atoms with Crippen molar-refractivity contribution in [1.82, 2.24) is 0 Å². The topological polar surface area (TPSA) is 26.3 Å². The lowest BCUT2D eigenvalue weighted by Gasteiger charge is -2.14. The molecule has 0 unspecified atom stereocenters. The minimum absolute atomic E-state index is 0.0275. The Balaban J connectivity index is 1.95. The van der Waals surface area contributed by atoms with Crippen LogP contribution in [-0.2, 0) is 9.53 Å². The first-order valence-electron chi connectivity index (χ1n) is 8.48. The second-order valence-electron chi connectivity index (χ2n) is 6.06. The Kier molecular flexibility index (Phi) is 9.84. The second-order valence-corrected chi connectivity index (χ2v) is 6.06. The van der Waals surface area contributed by atoms with E-state index >= 15 is 0 Å². The van der Waals surface area contributed by atoms with Crippen molar-refractivity contribution in [2.75, 3.05) is 6.61 Å². The maximum Gasteiger partial charge on any atom is 0.305 e. The van der Waals surface area contributed by atoms with Crippen LogP contribution in [0.15, 0.2) is 0 Å². The van der Waals surface area contributed by atoms with Gasteiger partial charge in [-0.1, -0.05) is 64.7 Å². The maximum atomic E-state index is 11.6. The molecule has 0 bridgehead atoms. The number of hydrogen-bond acceptors (Lipinski definition) is 2. The van der Waals surface area contributed by atoms with Crippen LogP contribution in [0.1, 0.15) is 90.4 Å². The van der Waals surface area contributed by atoms with Crippen molar-refractivity contribution in [2.45, 2.75) is 90.4 Å². The van der Waals surface area contributed by atoms with Crippen LogP contribution in [0.2, 0.25) is 0 Å². The van der Waals surface area contributed by atoms with Crippen molar-refractivity contribution in [1.29, 1.82) is 0 Å². The summed E-state index contributed by atoms with van der Waals surface area (Å²) in [5, 5.41) is 0. The van der Waals surface area contributed by atoms with Gasteiger partial charge in [0.25, 0.3) is 0 Å². The lowest BCUT2D eigenvalue weighted by Crippen LogP contribution is -2.13. The van der Waals surface area contributed by atoms with Crippen LogP contribution in [0, 0.1) is 5.92 Å². The zero-order chi connectivity index (χ0) is 13.8. The zero-order valence-electron chi connectivity index (χ0n) is 12.8. The largest absolute Gasteiger partial charge is 0.465 e. The highest BCUT2D eigenvalue weighted by Gasteiger charge is 2.14. The van der Waals surface area contributed by atoms with E-state index in [0.717, 1.165) is 6.42 Å². The lowest BCUT2D eigenvalue weighted by atomic mass is 10.0. The average molecular weight is 268 g/mol. The van der Waals surface area contributed by atoms with E-state index in [4.69, 9.17) is 4.74 Å². The van der Waals surface area contributed by atoms with Crippen LogP contribution < -0.4 is 0 Å². The molecule has 1 aliphatic carbocycles. The highest BCUT2D eigenvalue weighted by molar-refractivity contribution is 5.69. The van der Waals surface area contributed by atoms with E-state index in [-0.39, 0.29) is 5.97 Å². The van der Waals surface area contributed by atoms with Crippen molar-refractivity contribution in [3.8, 4) is 0 Å². The fraction of sp³-hybridized carbons (Fsp3) is 0.941. The van der Waals surface area contributed by atoms with Crippen LogP contribution in [0.25, 0.3) is 0 Å². The van der Waals surface area contributed by atoms with E-state index < -0.39 is 0 Å². The quantitative estimate of drug-likeness (QED) is 0.324. The molecule has 0 atom stereocenters. The molecule has 0 aromatic heterocycles. The van der Waals surface area contributed by atoms with Crippen LogP contribution in [-0.4, -0.2) is 12.6 Å². The monoisotopic (exact) mass is 268 g/mol. The first-order chi connectivity index (χ1) is 9.33. The number of carbonyl (C=O) groups is 1. The molecule has 0 spiro atoms. The van der Waals surface area contributed by atoms with E-state index in [2.05, 4.69) is 6.92 Å². The smallest absolute Gasteiger partial charge is 0.305 e. The van der Waals surface area contributed by atoms with Crippen molar-refractivity contribution < 1.29 is 9.53 Å². The third kappa shape index (κ3) is 9.07. The highest BCUT2D eigenvalue weighted by Crippen LogP contribution is 2.23. The molecular formula is C17H32O2. The van der Waals surface area contributed by atoms with Gasteiger partial charge >= 0.3 is 5.97 Å². The number of carbonyl (C=O) groups excluding carboxylic acids is 1. The van der Waals surface area contributed by atoms with Gasteiger partial charge in [-0.3, -0.25) is 4.79 Å². The van der Waals surface area contributed by atoms with Gasteiger partial charge in [0.15, 0.2) is 0 Å². The fourth-order valence-electron chi connectivity index (χ4n) is 2.86. The van der Waals surface area contributed by atoms with Gasteiger partial charge < -0.3 is 4.74 Å². The summed E-state index contributed by atoms with van der Waals surface area (Å²) in [7, 11) is 0. The van der Waals surface area contributed by atoms with E-state index in [1.165, 1.54) is 70.6 Å². The molecule has 0 aromatic rings. The van der Waals surface area contributed by atoms with E-state index in [1.807, 2.05) is 0 Å². The molecule has 0 heterocycles. The summed E-state index contributed by atoms with van der Waals surface area (Å²) >= 11 is 0. The van der Waals surface area contributed by atoms with E-state index in [9.17, 15) is 4.79 Å². The number of unbranched alkanes of at least 4 members (excludes halogenated alkanes) is 5. The molecule has 1 saturated carbocycles. The minimum Gasteiger partial charge on any atom is -0.465 e. The second kappa shape index (κ2) is 11.3. The summed E-state index contributed by atoms with van der Waals surface area (Å²) in [5.74, 6) is 0.663. The summed E-state index contributed by atoms with van der Waals surface area (Å²) < 4.78 is 5.43. The first kappa shape index (κ1) is 16.5. The molecule has 0 N–H and O–H groups in total. The standard InChI is InChI=1S/C17H32O2/c1-2-3-4-5-6-11-14-17(18)19-15-16-12-9-7-8-10-13-16/h16H,2-15H2,1H3. The molecule has 2 nitrogen and oxygen atoms in total. The van der Waals surface area contributed by atoms with Crippen LogP contribution >= 0.6 is 0 Å². The van der Waals surface area contributed by atoms with Crippen molar-refractivity contribution in [3.63, 3.8) is 0 Å². The molecule has 0 aromatic carbocycles. The van der Waals surface area contributed by atoms with Gasteiger partial charge in [0.1, 0.15) is 0 Å². The lowest BCUT2D eigenvalue weighted by molar-refractivity contribution is -0.145. The Morgan fingerprint density at radius 1 is 0.947 bits per heavy atom. The predicted octanol–water partition coefficient (Wildman–Crippen LogP) is 5.25.